The van der Waals surface area contributed by atoms with E-state index in [2.05, 4.69) is 15.6 Å². The lowest BCUT2D eigenvalue weighted by Crippen LogP contribution is -2.40. The lowest BCUT2D eigenvalue weighted by atomic mass is 10.1. The number of aryl methyl sites for hydroxylation is 1. The van der Waals surface area contributed by atoms with Crippen LogP contribution in [0.3, 0.4) is 0 Å². The van der Waals surface area contributed by atoms with Crippen LogP contribution in [0.1, 0.15) is 24.8 Å². The van der Waals surface area contributed by atoms with Crippen molar-refractivity contribution >= 4 is 17.7 Å². The van der Waals surface area contributed by atoms with Crippen molar-refractivity contribution in [1.82, 2.24) is 10.6 Å². The van der Waals surface area contributed by atoms with E-state index in [4.69, 9.17) is 0 Å². The molecule has 1 fully saturated rings. The van der Waals surface area contributed by atoms with Gasteiger partial charge in [-0.25, -0.2) is 4.39 Å². The van der Waals surface area contributed by atoms with Gasteiger partial charge in [-0.2, -0.15) is 11.8 Å². The highest BCUT2D eigenvalue weighted by atomic mass is 32.2. The molecule has 0 amide bonds. The number of guanidine groups is 1. The summed E-state index contributed by atoms with van der Waals surface area (Å²) in [5.74, 6) is 1.99. The molecular formula is C16H24FN3S. The Morgan fingerprint density at radius 1 is 1.43 bits per heavy atom. The van der Waals surface area contributed by atoms with Gasteiger partial charge in [0.15, 0.2) is 5.96 Å². The molecule has 0 aromatic heterocycles. The van der Waals surface area contributed by atoms with Crippen LogP contribution in [0.4, 0.5) is 4.39 Å². The zero-order chi connectivity index (χ0) is 14.9. The molecule has 1 aliphatic rings. The molecule has 21 heavy (non-hydrogen) atoms. The predicted octanol–water partition coefficient (Wildman–Crippen LogP) is 2.82. The van der Waals surface area contributed by atoms with E-state index in [9.17, 15) is 4.39 Å². The number of aliphatic imine (C=N–C) groups is 1. The van der Waals surface area contributed by atoms with Crippen LogP contribution < -0.4 is 10.6 Å². The topological polar surface area (TPSA) is 36.4 Å². The maximum absolute atomic E-state index is 13.1. The maximum atomic E-state index is 13.1. The number of hydrogen-bond acceptors (Lipinski definition) is 2. The Labute approximate surface area is 130 Å². The summed E-state index contributed by atoms with van der Waals surface area (Å²) >= 11 is 2.04. The second-order valence-corrected chi connectivity index (χ2v) is 6.66. The first-order chi connectivity index (χ1) is 10.3. The predicted molar refractivity (Wildman–Crippen MR) is 89.6 cm³/mol. The van der Waals surface area contributed by atoms with Crippen LogP contribution in [-0.2, 0) is 6.42 Å². The molecule has 1 aromatic rings. The maximum Gasteiger partial charge on any atom is 0.191 e. The van der Waals surface area contributed by atoms with Gasteiger partial charge in [-0.1, -0.05) is 12.1 Å². The molecule has 0 spiro atoms. The van der Waals surface area contributed by atoms with Crippen molar-refractivity contribution in [2.45, 2.75) is 30.9 Å². The summed E-state index contributed by atoms with van der Waals surface area (Å²) in [7, 11) is 1.80. The molecule has 1 saturated heterocycles. The highest BCUT2D eigenvalue weighted by Gasteiger charge is 2.15. The van der Waals surface area contributed by atoms with E-state index in [1.807, 2.05) is 17.8 Å². The average Bonchev–Trinajstić information content (AvgIpc) is 3.00. The van der Waals surface area contributed by atoms with Gasteiger partial charge in [0.25, 0.3) is 0 Å². The van der Waals surface area contributed by atoms with Gasteiger partial charge < -0.3 is 10.6 Å². The zero-order valence-corrected chi connectivity index (χ0v) is 13.4. The molecule has 1 aliphatic heterocycles. The fourth-order valence-corrected chi connectivity index (χ4v) is 3.63. The Kier molecular flexibility index (Phi) is 6.86. The third-order valence-corrected chi connectivity index (χ3v) is 4.97. The second-order valence-electron chi connectivity index (χ2n) is 5.25. The molecule has 2 N–H and O–H groups in total. The summed E-state index contributed by atoms with van der Waals surface area (Å²) in [6, 6.07) is 6.81. The molecule has 0 aliphatic carbocycles. The minimum Gasteiger partial charge on any atom is -0.356 e. The molecule has 1 aromatic carbocycles. The van der Waals surface area contributed by atoms with Crippen LogP contribution in [-0.4, -0.2) is 37.1 Å². The molecule has 2 rings (SSSR count). The first-order valence-corrected chi connectivity index (χ1v) is 8.63. The minimum atomic E-state index is -0.160. The second kappa shape index (κ2) is 8.93. The summed E-state index contributed by atoms with van der Waals surface area (Å²) in [6.07, 6.45) is 4.47. The molecule has 0 radical (unpaired) electrons. The fourth-order valence-electron chi connectivity index (χ4n) is 2.43. The molecule has 3 nitrogen and oxygen atoms in total. The summed E-state index contributed by atoms with van der Waals surface area (Å²) in [5.41, 5.74) is 1.04. The fraction of sp³-hybridized carbons (Fsp3) is 0.562. The Bertz CT molecular complexity index is 459. The van der Waals surface area contributed by atoms with Crippen LogP contribution in [0.5, 0.6) is 0 Å². The van der Waals surface area contributed by atoms with Gasteiger partial charge in [0, 0.05) is 25.4 Å². The van der Waals surface area contributed by atoms with Crippen molar-refractivity contribution in [3.05, 3.63) is 35.6 Å². The van der Waals surface area contributed by atoms with Crippen LogP contribution in [0.2, 0.25) is 0 Å². The molecule has 1 atom stereocenters. The Hall–Kier alpha value is -1.23. The van der Waals surface area contributed by atoms with Gasteiger partial charge in [-0.15, -0.1) is 0 Å². The van der Waals surface area contributed by atoms with Crippen molar-refractivity contribution in [2.24, 2.45) is 4.99 Å². The highest BCUT2D eigenvalue weighted by Crippen LogP contribution is 2.25. The zero-order valence-electron chi connectivity index (χ0n) is 12.6. The lowest BCUT2D eigenvalue weighted by molar-refractivity contribution is 0.624. The number of nitrogens with zero attached hydrogens (tertiary/aromatic N) is 1. The molecule has 5 heteroatoms. The van der Waals surface area contributed by atoms with Crippen LogP contribution in [0.25, 0.3) is 0 Å². The molecular weight excluding hydrogens is 285 g/mol. The van der Waals surface area contributed by atoms with Crippen molar-refractivity contribution in [1.29, 1.82) is 0 Å². The largest absolute Gasteiger partial charge is 0.356 e. The number of nitrogens with one attached hydrogen (secondary N) is 2. The quantitative estimate of drug-likeness (QED) is 0.482. The van der Waals surface area contributed by atoms with Crippen molar-refractivity contribution < 1.29 is 4.39 Å². The summed E-state index contributed by atoms with van der Waals surface area (Å²) in [5, 5.41) is 7.41. The summed E-state index contributed by atoms with van der Waals surface area (Å²) in [6.45, 7) is 1.82. The van der Waals surface area contributed by atoms with Gasteiger partial charge in [0.1, 0.15) is 5.82 Å². The van der Waals surface area contributed by atoms with E-state index >= 15 is 0 Å². The van der Waals surface area contributed by atoms with Crippen molar-refractivity contribution in [3.8, 4) is 0 Å². The van der Waals surface area contributed by atoms with E-state index in [-0.39, 0.29) is 5.82 Å². The minimum absolute atomic E-state index is 0.160. The van der Waals surface area contributed by atoms with Crippen molar-refractivity contribution in [2.75, 3.05) is 25.9 Å². The number of hydrogen-bond donors (Lipinski definition) is 2. The summed E-state index contributed by atoms with van der Waals surface area (Å²) < 4.78 is 13.1. The van der Waals surface area contributed by atoms with Crippen LogP contribution in [0.15, 0.2) is 29.3 Å². The van der Waals surface area contributed by atoms with Gasteiger partial charge in [-0.3, -0.25) is 4.99 Å². The monoisotopic (exact) mass is 309 g/mol. The molecule has 116 valence electrons. The average molecular weight is 309 g/mol. The van der Waals surface area contributed by atoms with E-state index in [0.717, 1.165) is 42.7 Å². The molecule has 1 heterocycles. The van der Waals surface area contributed by atoms with E-state index in [1.54, 1.807) is 19.2 Å². The van der Waals surface area contributed by atoms with Gasteiger partial charge >= 0.3 is 0 Å². The van der Waals surface area contributed by atoms with Gasteiger partial charge in [0.2, 0.25) is 0 Å². The number of benzene rings is 1. The van der Waals surface area contributed by atoms with Gasteiger partial charge in [-0.05, 0) is 49.1 Å². The Morgan fingerprint density at radius 2 is 2.33 bits per heavy atom. The van der Waals surface area contributed by atoms with Gasteiger partial charge in [0.05, 0.1) is 0 Å². The van der Waals surface area contributed by atoms with Crippen LogP contribution >= 0.6 is 11.8 Å². The number of thioether (sulfide) groups is 1. The first-order valence-electron chi connectivity index (χ1n) is 7.58. The third kappa shape index (κ3) is 5.96. The highest BCUT2D eigenvalue weighted by molar-refractivity contribution is 8.00. The Morgan fingerprint density at radius 3 is 3.05 bits per heavy atom. The normalized spacial score (nSPS) is 18.8. The van der Waals surface area contributed by atoms with E-state index < -0.39 is 0 Å². The summed E-state index contributed by atoms with van der Waals surface area (Å²) in [4.78, 5) is 4.23. The number of halogens is 1. The standard InChI is InChI=1S/C16H24FN3S/c1-18-16(20-12-15-8-4-10-21-15)19-9-3-6-13-5-2-7-14(17)11-13/h2,5,7,11,15H,3-4,6,8-10,12H2,1H3,(H2,18,19,20). The van der Waals surface area contributed by atoms with Crippen LogP contribution in [0, 0.1) is 5.82 Å². The first kappa shape index (κ1) is 16.1. The third-order valence-electron chi connectivity index (χ3n) is 3.57. The van der Waals surface area contributed by atoms with Crippen molar-refractivity contribution in [3.63, 3.8) is 0 Å². The van der Waals surface area contributed by atoms with E-state index in [1.165, 1.54) is 24.7 Å². The van der Waals surface area contributed by atoms with E-state index in [0.29, 0.717) is 0 Å². The molecule has 0 bridgehead atoms. The SMILES string of the molecule is CN=C(NCCCc1cccc(F)c1)NCC1CCCS1. The molecule has 1 unspecified atom stereocenters. The smallest absolute Gasteiger partial charge is 0.191 e. The molecule has 0 saturated carbocycles. The number of rotatable bonds is 6. The Balaban J connectivity index is 1.61. The lowest BCUT2D eigenvalue weighted by Gasteiger charge is -2.14.